The molecular formula is C23H30N4O2. The highest BCUT2D eigenvalue weighted by molar-refractivity contribution is 5.94. The molecule has 0 aliphatic carbocycles. The number of nitrogens with one attached hydrogen (secondary N) is 1. The summed E-state index contributed by atoms with van der Waals surface area (Å²) in [4.78, 5) is 21.6. The van der Waals surface area contributed by atoms with Crippen LogP contribution >= 0.6 is 0 Å². The second-order valence-corrected chi connectivity index (χ2v) is 7.91. The lowest BCUT2D eigenvalue weighted by molar-refractivity contribution is -0.0776. The van der Waals surface area contributed by atoms with Crippen molar-refractivity contribution in [1.29, 1.82) is 0 Å². The topological polar surface area (TPSA) is 57.7 Å². The number of anilines is 1. The fourth-order valence-corrected chi connectivity index (χ4v) is 4.32. The molecule has 6 nitrogen and oxygen atoms in total. The smallest absolute Gasteiger partial charge is 0.253 e. The third kappa shape index (κ3) is 4.77. The van der Waals surface area contributed by atoms with Crippen molar-refractivity contribution in [2.45, 2.75) is 38.4 Å². The molecule has 2 saturated heterocycles. The molecule has 0 saturated carbocycles. The number of nitrogens with zero attached hydrogens (tertiary/aromatic N) is 3. The van der Waals surface area contributed by atoms with Gasteiger partial charge in [-0.15, -0.1) is 0 Å². The molecule has 1 aromatic heterocycles. The van der Waals surface area contributed by atoms with Gasteiger partial charge in [0.15, 0.2) is 0 Å². The number of piperazine rings is 1. The van der Waals surface area contributed by atoms with Crippen LogP contribution in [0.1, 0.15) is 35.7 Å². The van der Waals surface area contributed by atoms with Gasteiger partial charge in [0, 0.05) is 55.9 Å². The maximum Gasteiger partial charge on any atom is 0.253 e. The third-order valence-corrected chi connectivity index (χ3v) is 5.90. The maximum absolute atomic E-state index is 13.0. The van der Waals surface area contributed by atoms with E-state index in [9.17, 15) is 4.79 Å². The number of hydrogen-bond donors (Lipinski definition) is 1. The predicted molar refractivity (Wildman–Crippen MR) is 114 cm³/mol. The largest absolute Gasteiger partial charge is 0.381 e. The van der Waals surface area contributed by atoms with Crippen LogP contribution in [0.25, 0.3) is 0 Å². The number of hydrogen-bond acceptors (Lipinski definition) is 5. The van der Waals surface area contributed by atoms with E-state index in [4.69, 9.17) is 4.74 Å². The summed E-state index contributed by atoms with van der Waals surface area (Å²) in [6.45, 7) is 6.99. The van der Waals surface area contributed by atoms with E-state index in [1.165, 1.54) is 18.4 Å². The summed E-state index contributed by atoms with van der Waals surface area (Å²) in [6, 6.07) is 12.6. The molecule has 0 radical (unpaired) electrons. The van der Waals surface area contributed by atoms with Crippen molar-refractivity contribution in [3.8, 4) is 0 Å². The molecule has 1 N–H and O–H groups in total. The zero-order chi connectivity index (χ0) is 20.1. The Balaban J connectivity index is 1.34. The number of pyridine rings is 1. The maximum atomic E-state index is 13.0. The van der Waals surface area contributed by atoms with E-state index in [1.807, 2.05) is 41.3 Å². The number of carbonyl (C=O) groups excluding carboxylic acids is 1. The molecule has 1 aromatic carbocycles. The molecule has 2 aliphatic rings. The van der Waals surface area contributed by atoms with Crippen LogP contribution in [-0.2, 0) is 11.3 Å². The molecule has 4 rings (SSSR count). The average molecular weight is 395 g/mol. The van der Waals surface area contributed by atoms with Gasteiger partial charge in [-0.2, -0.15) is 0 Å². The predicted octanol–water partition coefficient (Wildman–Crippen LogP) is 3.02. The summed E-state index contributed by atoms with van der Waals surface area (Å²) in [5.41, 5.74) is 2.93. The lowest BCUT2D eigenvalue weighted by Crippen LogP contribution is -2.62. The Morgan fingerprint density at radius 1 is 1.14 bits per heavy atom. The van der Waals surface area contributed by atoms with Gasteiger partial charge in [0.2, 0.25) is 0 Å². The van der Waals surface area contributed by atoms with Crippen molar-refractivity contribution >= 4 is 11.6 Å². The minimum Gasteiger partial charge on any atom is -0.381 e. The molecule has 2 fully saturated rings. The van der Waals surface area contributed by atoms with Crippen molar-refractivity contribution in [2.24, 2.45) is 0 Å². The Bertz CT molecular complexity index is 794. The number of fused-ring (bicyclic) bond motifs is 1. The zero-order valence-corrected chi connectivity index (χ0v) is 17.1. The van der Waals surface area contributed by atoms with Crippen LogP contribution in [0.3, 0.4) is 0 Å². The molecule has 2 aliphatic heterocycles. The van der Waals surface area contributed by atoms with Crippen LogP contribution in [0, 0.1) is 0 Å². The quantitative estimate of drug-likeness (QED) is 0.816. The van der Waals surface area contributed by atoms with Crippen LogP contribution in [0.15, 0.2) is 48.8 Å². The molecule has 0 spiro atoms. The van der Waals surface area contributed by atoms with Gasteiger partial charge in [-0.3, -0.25) is 14.7 Å². The molecule has 2 atom stereocenters. The van der Waals surface area contributed by atoms with Crippen LogP contribution in [-0.4, -0.2) is 65.6 Å². The minimum absolute atomic E-state index is 0.114. The van der Waals surface area contributed by atoms with E-state index < -0.39 is 0 Å². The van der Waals surface area contributed by atoms with E-state index in [0.717, 1.165) is 50.6 Å². The van der Waals surface area contributed by atoms with E-state index in [-0.39, 0.29) is 5.91 Å². The lowest BCUT2D eigenvalue weighted by Gasteiger charge is -2.48. The summed E-state index contributed by atoms with van der Waals surface area (Å²) in [5, 5.41) is 3.38. The van der Waals surface area contributed by atoms with Gasteiger partial charge in [0.1, 0.15) is 0 Å². The molecule has 6 heteroatoms. The highest BCUT2D eigenvalue weighted by Gasteiger charge is 2.36. The van der Waals surface area contributed by atoms with Crippen LogP contribution in [0.5, 0.6) is 0 Å². The molecular weight excluding hydrogens is 364 g/mol. The van der Waals surface area contributed by atoms with E-state index >= 15 is 0 Å². The molecule has 1 amide bonds. The van der Waals surface area contributed by atoms with Crippen molar-refractivity contribution < 1.29 is 9.53 Å². The van der Waals surface area contributed by atoms with E-state index in [2.05, 4.69) is 22.1 Å². The first-order chi connectivity index (χ1) is 14.2. The fourth-order valence-electron chi connectivity index (χ4n) is 4.32. The van der Waals surface area contributed by atoms with Gasteiger partial charge in [0.05, 0.1) is 19.3 Å². The first kappa shape index (κ1) is 19.9. The normalized spacial score (nSPS) is 22.2. The number of morpholine rings is 1. The number of aromatic nitrogens is 1. The highest BCUT2D eigenvalue weighted by Crippen LogP contribution is 2.23. The lowest BCUT2D eigenvalue weighted by atomic mass is 10.0. The average Bonchev–Trinajstić information content (AvgIpc) is 2.78. The Morgan fingerprint density at radius 2 is 1.93 bits per heavy atom. The Kier molecular flexibility index (Phi) is 6.42. The summed E-state index contributed by atoms with van der Waals surface area (Å²) in [7, 11) is 0. The van der Waals surface area contributed by atoms with Crippen LogP contribution in [0.2, 0.25) is 0 Å². The monoisotopic (exact) mass is 394 g/mol. The van der Waals surface area contributed by atoms with Crippen LogP contribution in [0.4, 0.5) is 5.69 Å². The van der Waals surface area contributed by atoms with Gasteiger partial charge in [0.25, 0.3) is 5.91 Å². The second-order valence-electron chi connectivity index (χ2n) is 7.91. The summed E-state index contributed by atoms with van der Waals surface area (Å²) < 4.78 is 5.83. The van der Waals surface area contributed by atoms with Gasteiger partial charge >= 0.3 is 0 Å². The number of rotatable bonds is 6. The van der Waals surface area contributed by atoms with Gasteiger partial charge < -0.3 is 15.0 Å². The molecule has 2 aromatic rings. The standard InChI is InChI=1S/C23H30N4O2/c1-2-3-21-16-29-17-22-15-26(12-13-27(21)22)23(28)19-4-6-20(7-5-19)25-14-18-8-10-24-11-9-18/h4-11,21-22,25H,2-3,12-17H2,1H3/t21-,22+/m0/s1. The summed E-state index contributed by atoms with van der Waals surface area (Å²) in [5.74, 6) is 0.114. The SMILES string of the molecule is CCC[C@H]1COC[C@H]2CN(C(=O)c3ccc(NCc4ccncc4)cc3)CCN12. The minimum atomic E-state index is 0.114. The van der Waals surface area contributed by atoms with Crippen molar-refractivity contribution in [3.63, 3.8) is 0 Å². The van der Waals surface area contributed by atoms with Crippen molar-refractivity contribution in [1.82, 2.24) is 14.8 Å². The van der Waals surface area contributed by atoms with Crippen LogP contribution < -0.4 is 5.32 Å². The van der Waals surface area contributed by atoms with Gasteiger partial charge in [-0.05, 0) is 48.4 Å². The number of ether oxygens (including phenoxy) is 1. The van der Waals surface area contributed by atoms with Crippen molar-refractivity contribution in [3.05, 3.63) is 59.9 Å². The number of amides is 1. The summed E-state index contributed by atoms with van der Waals surface area (Å²) in [6.07, 6.45) is 5.92. The summed E-state index contributed by atoms with van der Waals surface area (Å²) >= 11 is 0. The molecule has 3 heterocycles. The van der Waals surface area contributed by atoms with E-state index in [0.29, 0.717) is 12.1 Å². The molecule has 0 unspecified atom stereocenters. The van der Waals surface area contributed by atoms with E-state index in [1.54, 1.807) is 12.4 Å². The van der Waals surface area contributed by atoms with Gasteiger partial charge in [-0.25, -0.2) is 0 Å². The molecule has 29 heavy (non-hydrogen) atoms. The zero-order valence-electron chi connectivity index (χ0n) is 17.1. The number of benzene rings is 1. The van der Waals surface area contributed by atoms with Gasteiger partial charge in [-0.1, -0.05) is 13.3 Å². The first-order valence-electron chi connectivity index (χ1n) is 10.6. The Hall–Kier alpha value is -2.44. The third-order valence-electron chi connectivity index (χ3n) is 5.90. The number of carbonyl (C=O) groups is 1. The Morgan fingerprint density at radius 3 is 2.69 bits per heavy atom. The molecule has 154 valence electrons. The second kappa shape index (κ2) is 9.37. The Labute approximate surface area is 172 Å². The first-order valence-corrected chi connectivity index (χ1v) is 10.6. The molecule has 0 bridgehead atoms. The fraction of sp³-hybridized carbons (Fsp3) is 0.478. The van der Waals surface area contributed by atoms with Crippen molar-refractivity contribution in [2.75, 3.05) is 38.2 Å². The highest BCUT2D eigenvalue weighted by atomic mass is 16.5.